The monoisotopic (exact) mass is 265 g/mol. The first-order valence-corrected chi connectivity index (χ1v) is 6.13. The first-order valence-electron chi connectivity index (χ1n) is 6.13. The van der Waals surface area contributed by atoms with Crippen molar-refractivity contribution in [1.82, 2.24) is 4.90 Å². The molecular formula is C14H19NO4. The molecule has 0 aliphatic carbocycles. The fourth-order valence-electron chi connectivity index (χ4n) is 1.59. The molecule has 0 aliphatic rings. The molecule has 104 valence electrons. The molecule has 1 rings (SSSR count). The number of ether oxygens (including phenoxy) is 1. The van der Waals surface area contributed by atoms with Crippen LogP contribution in [0.4, 0.5) is 0 Å². The zero-order valence-electron chi connectivity index (χ0n) is 11.4. The van der Waals surface area contributed by atoms with Crippen LogP contribution in [0, 0.1) is 0 Å². The van der Waals surface area contributed by atoms with Gasteiger partial charge in [0.1, 0.15) is 0 Å². The second-order valence-corrected chi connectivity index (χ2v) is 4.50. The number of nitrogens with zero attached hydrogens (tertiary/aromatic N) is 1. The Morgan fingerprint density at radius 3 is 2.37 bits per heavy atom. The van der Waals surface area contributed by atoms with Crippen LogP contribution >= 0.6 is 0 Å². The van der Waals surface area contributed by atoms with Gasteiger partial charge in [0, 0.05) is 13.6 Å². The van der Waals surface area contributed by atoms with Crippen LogP contribution < -0.4 is 0 Å². The van der Waals surface area contributed by atoms with Crippen LogP contribution in [0.5, 0.6) is 0 Å². The maximum Gasteiger partial charge on any atom is 0.336 e. The van der Waals surface area contributed by atoms with Crippen molar-refractivity contribution in [2.75, 3.05) is 20.2 Å². The van der Waals surface area contributed by atoms with Crippen molar-refractivity contribution < 1.29 is 19.4 Å². The minimum Gasteiger partial charge on any atom is -0.478 e. The first kappa shape index (κ1) is 15.2. The summed E-state index contributed by atoms with van der Waals surface area (Å²) in [5, 5.41) is 9.05. The molecule has 5 heteroatoms. The Morgan fingerprint density at radius 2 is 1.84 bits per heavy atom. The van der Waals surface area contributed by atoms with Crippen LogP contribution in [-0.2, 0) is 4.74 Å². The van der Waals surface area contributed by atoms with Crippen LogP contribution in [0.2, 0.25) is 0 Å². The standard InChI is InChI=1S/C14H19NO4/c1-10(2)19-9-8-15(3)13(16)11-6-4-5-7-12(11)14(17)18/h4-7,10H,8-9H2,1-3H3,(H,17,18). The van der Waals surface area contributed by atoms with E-state index in [0.29, 0.717) is 13.2 Å². The van der Waals surface area contributed by atoms with E-state index in [2.05, 4.69) is 0 Å². The lowest BCUT2D eigenvalue weighted by Gasteiger charge is -2.19. The number of benzene rings is 1. The molecule has 0 atom stereocenters. The SMILES string of the molecule is CC(C)OCCN(C)C(=O)c1ccccc1C(=O)O. The summed E-state index contributed by atoms with van der Waals surface area (Å²) in [6, 6.07) is 6.19. The van der Waals surface area contributed by atoms with Crippen LogP contribution in [0.1, 0.15) is 34.6 Å². The quantitative estimate of drug-likeness (QED) is 0.852. The van der Waals surface area contributed by atoms with E-state index < -0.39 is 5.97 Å². The molecule has 0 unspecified atom stereocenters. The number of carbonyl (C=O) groups is 2. The molecule has 1 aromatic carbocycles. The van der Waals surface area contributed by atoms with Gasteiger partial charge in [0.2, 0.25) is 0 Å². The van der Waals surface area contributed by atoms with E-state index in [1.807, 2.05) is 13.8 Å². The van der Waals surface area contributed by atoms with Gasteiger partial charge in [-0.15, -0.1) is 0 Å². The molecule has 0 aliphatic heterocycles. The van der Waals surface area contributed by atoms with Crippen molar-refractivity contribution in [2.45, 2.75) is 20.0 Å². The molecule has 0 saturated heterocycles. The summed E-state index contributed by atoms with van der Waals surface area (Å²) >= 11 is 0. The molecule has 1 aromatic rings. The normalized spacial score (nSPS) is 10.5. The molecule has 1 N–H and O–H groups in total. The van der Waals surface area contributed by atoms with Gasteiger partial charge in [0.05, 0.1) is 23.8 Å². The van der Waals surface area contributed by atoms with Gasteiger partial charge in [-0.3, -0.25) is 4.79 Å². The predicted molar refractivity (Wildman–Crippen MR) is 71.4 cm³/mol. The van der Waals surface area contributed by atoms with Gasteiger partial charge in [-0.1, -0.05) is 12.1 Å². The Balaban J connectivity index is 2.74. The van der Waals surface area contributed by atoms with E-state index in [4.69, 9.17) is 9.84 Å². The van der Waals surface area contributed by atoms with E-state index in [1.54, 1.807) is 19.2 Å². The van der Waals surface area contributed by atoms with E-state index in [1.165, 1.54) is 17.0 Å². The number of rotatable bonds is 6. The molecule has 19 heavy (non-hydrogen) atoms. The second-order valence-electron chi connectivity index (χ2n) is 4.50. The Morgan fingerprint density at radius 1 is 1.26 bits per heavy atom. The van der Waals surface area contributed by atoms with Crippen LogP contribution in [-0.4, -0.2) is 48.2 Å². The molecule has 5 nitrogen and oxygen atoms in total. The van der Waals surface area contributed by atoms with E-state index >= 15 is 0 Å². The molecule has 0 spiro atoms. The fourth-order valence-corrected chi connectivity index (χ4v) is 1.59. The van der Waals surface area contributed by atoms with Gasteiger partial charge in [-0.2, -0.15) is 0 Å². The number of amides is 1. The summed E-state index contributed by atoms with van der Waals surface area (Å²) in [6.07, 6.45) is 0.106. The molecule has 0 heterocycles. The minimum absolute atomic E-state index is 0.0177. The topological polar surface area (TPSA) is 66.8 Å². The molecule has 0 radical (unpaired) electrons. The highest BCUT2D eigenvalue weighted by Gasteiger charge is 2.18. The number of aromatic carboxylic acids is 1. The van der Waals surface area contributed by atoms with Gasteiger partial charge >= 0.3 is 5.97 Å². The molecule has 0 saturated carbocycles. The number of hydrogen-bond acceptors (Lipinski definition) is 3. The molecule has 1 amide bonds. The first-order chi connectivity index (χ1) is 8.93. The third kappa shape index (κ3) is 4.37. The average Bonchev–Trinajstić information content (AvgIpc) is 2.37. The van der Waals surface area contributed by atoms with Gasteiger partial charge in [0.25, 0.3) is 5.91 Å². The van der Waals surface area contributed by atoms with Gasteiger partial charge in [0.15, 0.2) is 0 Å². The Bertz CT molecular complexity index is 457. The fraction of sp³-hybridized carbons (Fsp3) is 0.429. The van der Waals surface area contributed by atoms with E-state index in [9.17, 15) is 9.59 Å². The average molecular weight is 265 g/mol. The summed E-state index contributed by atoms with van der Waals surface area (Å²) in [5.74, 6) is -1.42. The number of likely N-dealkylation sites (N-methyl/N-ethyl adjacent to an activating group) is 1. The number of carboxylic acids is 1. The van der Waals surface area contributed by atoms with Gasteiger partial charge < -0.3 is 14.7 Å². The highest BCUT2D eigenvalue weighted by molar-refractivity contribution is 6.04. The number of hydrogen-bond donors (Lipinski definition) is 1. The summed E-state index contributed by atoms with van der Waals surface area (Å²) < 4.78 is 5.37. The summed E-state index contributed by atoms with van der Waals surface area (Å²) in [4.78, 5) is 24.7. The Labute approximate surface area is 112 Å². The summed E-state index contributed by atoms with van der Waals surface area (Å²) in [6.45, 7) is 4.68. The smallest absolute Gasteiger partial charge is 0.336 e. The highest BCUT2D eigenvalue weighted by atomic mass is 16.5. The van der Waals surface area contributed by atoms with Crippen molar-refractivity contribution in [1.29, 1.82) is 0 Å². The summed E-state index contributed by atoms with van der Waals surface area (Å²) in [5.41, 5.74) is 0.214. The zero-order chi connectivity index (χ0) is 14.4. The summed E-state index contributed by atoms with van der Waals surface area (Å²) in [7, 11) is 1.63. The van der Waals surface area contributed by atoms with Crippen LogP contribution in [0.3, 0.4) is 0 Å². The van der Waals surface area contributed by atoms with E-state index in [-0.39, 0.29) is 23.1 Å². The van der Waals surface area contributed by atoms with Crippen LogP contribution in [0.15, 0.2) is 24.3 Å². The van der Waals surface area contributed by atoms with Crippen molar-refractivity contribution in [2.24, 2.45) is 0 Å². The van der Waals surface area contributed by atoms with Crippen molar-refractivity contribution in [3.63, 3.8) is 0 Å². The molecule has 0 bridgehead atoms. The van der Waals surface area contributed by atoms with Gasteiger partial charge in [-0.25, -0.2) is 4.79 Å². The maximum absolute atomic E-state index is 12.2. The largest absolute Gasteiger partial charge is 0.478 e. The lowest BCUT2D eigenvalue weighted by molar-refractivity contribution is 0.0528. The van der Waals surface area contributed by atoms with Gasteiger partial charge in [-0.05, 0) is 26.0 Å². The van der Waals surface area contributed by atoms with Crippen molar-refractivity contribution in [3.8, 4) is 0 Å². The lowest BCUT2D eigenvalue weighted by Crippen LogP contribution is -2.31. The van der Waals surface area contributed by atoms with Crippen molar-refractivity contribution in [3.05, 3.63) is 35.4 Å². The Kier molecular flexibility index (Phi) is 5.51. The number of carboxylic acid groups (broad SMARTS) is 1. The third-order valence-electron chi connectivity index (χ3n) is 2.61. The van der Waals surface area contributed by atoms with Crippen molar-refractivity contribution >= 4 is 11.9 Å². The molecule has 0 fully saturated rings. The van der Waals surface area contributed by atoms with Crippen LogP contribution in [0.25, 0.3) is 0 Å². The predicted octanol–water partition coefficient (Wildman–Crippen LogP) is 1.88. The number of carbonyl (C=O) groups excluding carboxylic acids is 1. The lowest BCUT2D eigenvalue weighted by atomic mass is 10.1. The maximum atomic E-state index is 12.2. The minimum atomic E-state index is -1.10. The highest BCUT2D eigenvalue weighted by Crippen LogP contribution is 2.11. The zero-order valence-corrected chi connectivity index (χ0v) is 11.4. The second kappa shape index (κ2) is 6.89. The molecular weight excluding hydrogens is 246 g/mol. The Hall–Kier alpha value is -1.88. The molecule has 0 aromatic heterocycles. The third-order valence-corrected chi connectivity index (χ3v) is 2.61. The van der Waals surface area contributed by atoms with E-state index in [0.717, 1.165) is 0 Å².